The van der Waals surface area contributed by atoms with Gasteiger partial charge in [-0.05, 0) is 44.6 Å². The Balaban J connectivity index is 2.20. The standard InChI is InChI=1S/C18H22OS/c1-14(2)6-4-7-15-9-10-16(13-19)18(3,12-15)17-8-5-11-20-17/h5-6,8-11,13H,4,7,12H2,1-3H3. The van der Waals surface area contributed by atoms with Crippen LogP contribution < -0.4 is 0 Å². The fourth-order valence-corrected chi connectivity index (χ4v) is 3.63. The van der Waals surface area contributed by atoms with Gasteiger partial charge in [-0.2, -0.15) is 0 Å². The van der Waals surface area contributed by atoms with Gasteiger partial charge in [0.25, 0.3) is 0 Å². The van der Waals surface area contributed by atoms with Crippen LogP contribution in [0.15, 0.2) is 52.5 Å². The molecule has 1 atom stereocenters. The van der Waals surface area contributed by atoms with E-state index >= 15 is 0 Å². The predicted octanol–water partition coefficient (Wildman–Crippen LogP) is 5.21. The minimum Gasteiger partial charge on any atom is -0.298 e. The summed E-state index contributed by atoms with van der Waals surface area (Å²) in [5.41, 5.74) is 3.55. The van der Waals surface area contributed by atoms with Gasteiger partial charge in [-0.25, -0.2) is 0 Å². The van der Waals surface area contributed by atoms with Crippen molar-refractivity contribution >= 4 is 17.6 Å². The largest absolute Gasteiger partial charge is 0.298 e. The van der Waals surface area contributed by atoms with Crippen LogP contribution in [-0.2, 0) is 10.2 Å². The number of hydrogen-bond donors (Lipinski definition) is 0. The Hall–Kier alpha value is -1.41. The molecule has 1 heterocycles. The lowest BCUT2D eigenvalue weighted by Gasteiger charge is -2.32. The van der Waals surface area contributed by atoms with Gasteiger partial charge in [-0.3, -0.25) is 4.79 Å². The van der Waals surface area contributed by atoms with Crippen molar-refractivity contribution in [3.8, 4) is 0 Å². The van der Waals surface area contributed by atoms with Crippen molar-refractivity contribution in [3.05, 3.63) is 57.3 Å². The summed E-state index contributed by atoms with van der Waals surface area (Å²) in [7, 11) is 0. The summed E-state index contributed by atoms with van der Waals surface area (Å²) in [6, 6.07) is 4.20. The van der Waals surface area contributed by atoms with Crippen LogP contribution in [0, 0.1) is 0 Å². The molecule has 0 saturated heterocycles. The van der Waals surface area contributed by atoms with Gasteiger partial charge in [-0.1, -0.05) is 42.4 Å². The summed E-state index contributed by atoms with van der Waals surface area (Å²) in [5.74, 6) is 0. The van der Waals surface area contributed by atoms with E-state index in [4.69, 9.17) is 0 Å². The number of carbonyl (C=O) groups excluding carboxylic acids is 1. The normalized spacial score (nSPS) is 21.9. The van der Waals surface area contributed by atoms with Crippen molar-refractivity contribution in [2.75, 3.05) is 0 Å². The highest BCUT2D eigenvalue weighted by molar-refractivity contribution is 7.10. The monoisotopic (exact) mass is 286 g/mol. The number of thiophene rings is 1. The molecule has 0 saturated carbocycles. The molecule has 0 aromatic carbocycles. The van der Waals surface area contributed by atoms with Gasteiger partial charge >= 0.3 is 0 Å². The minimum atomic E-state index is -0.148. The van der Waals surface area contributed by atoms with E-state index in [1.54, 1.807) is 11.3 Å². The Bertz CT molecular complexity index is 556. The fourth-order valence-electron chi connectivity index (χ4n) is 2.72. The van der Waals surface area contributed by atoms with E-state index < -0.39 is 0 Å². The van der Waals surface area contributed by atoms with Crippen LogP contribution in [0.25, 0.3) is 0 Å². The lowest BCUT2D eigenvalue weighted by atomic mass is 9.72. The van der Waals surface area contributed by atoms with E-state index in [2.05, 4.69) is 50.4 Å². The molecule has 1 unspecified atom stereocenters. The van der Waals surface area contributed by atoms with Gasteiger partial charge in [0, 0.05) is 15.9 Å². The van der Waals surface area contributed by atoms with E-state index in [1.807, 2.05) is 6.08 Å². The van der Waals surface area contributed by atoms with Crippen LogP contribution in [0.3, 0.4) is 0 Å². The topological polar surface area (TPSA) is 17.1 Å². The van der Waals surface area contributed by atoms with E-state index in [0.29, 0.717) is 0 Å². The quantitative estimate of drug-likeness (QED) is 0.536. The first-order chi connectivity index (χ1) is 9.56. The van der Waals surface area contributed by atoms with Crippen molar-refractivity contribution in [1.82, 2.24) is 0 Å². The molecule has 1 aromatic heterocycles. The van der Waals surface area contributed by atoms with Crippen LogP contribution in [0.1, 0.15) is 44.9 Å². The van der Waals surface area contributed by atoms with E-state index in [-0.39, 0.29) is 5.41 Å². The molecule has 1 aromatic rings. The summed E-state index contributed by atoms with van der Waals surface area (Å²) in [4.78, 5) is 12.7. The second-order valence-corrected chi connectivity index (χ2v) is 6.82. The Morgan fingerprint density at radius 1 is 1.40 bits per heavy atom. The maximum atomic E-state index is 11.4. The van der Waals surface area contributed by atoms with E-state index in [9.17, 15) is 4.79 Å². The molecule has 0 amide bonds. The minimum absolute atomic E-state index is 0.148. The average Bonchev–Trinajstić information content (AvgIpc) is 2.93. The van der Waals surface area contributed by atoms with Crippen LogP contribution in [0.2, 0.25) is 0 Å². The highest BCUT2D eigenvalue weighted by Gasteiger charge is 2.34. The predicted molar refractivity (Wildman–Crippen MR) is 87.2 cm³/mol. The molecule has 106 valence electrons. The average molecular weight is 286 g/mol. The summed E-state index contributed by atoms with van der Waals surface area (Å²) in [6.07, 6.45) is 10.6. The van der Waals surface area contributed by atoms with Crippen LogP contribution in [0.4, 0.5) is 0 Å². The molecule has 0 fully saturated rings. The SMILES string of the molecule is CC(C)=CCCC1=CC=C(C=O)C(C)(c2cccs2)C1. The van der Waals surface area contributed by atoms with Gasteiger partial charge < -0.3 is 0 Å². The zero-order valence-electron chi connectivity index (χ0n) is 12.5. The maximum absolute atomic E-state index is 11.4. The summed E-state index contributed by atoms with van der Waals surface area (Å²) in [6.45, 7) is 6.46. The number of aldehydes is 1. The zero-order chi connectivity index (χ0) is 14.6. The third kappa shape index (κ3) is 3.18. The molecule has 1 aliphatic rings. The second kappa shape index (κ2) is 6.36. The lowest BCUT2D eigenvalue weighted by Crippen LogP contribution is -2.27. The molecule has 1 nitrogen and oxygen atoms in total. The first-order valence-corrected chi connectivity index (χ1v) is 7.97. The van der Waals surface area contributed by atoms with Crippen LogP contribution in [-0.4, -0.2) is 6.29 Å². The highest BCUT2D eigenvalue weighted by atomic mass is 32.1. The smallest absolute Gasteiger partial charge is 0.146 e. The van der Waals surface area contributed by atoms with E-state index in [1.165, 1.54) is 16.0 Å². The molecule has 0 bridgehead atoms. The molecule has 0 spiro atoms. The second-order valence-electron chi connectivity index (χ2n) is 5.87. The molecule has 2 rings (SSSR count). The van der Waals surface area contributed by atoms with Crippen molar-refractivity contribution in [2.24, 2.45) is 0 Å². The third-order valence-electron chi connectivity index (χ3n) is 3.93. The Labute approximate surface area is 125 Å². The zero-order valence-corrected chi connectivity index (χ0v) is 13.3. The van der Waals surface area contributed by atoms with Gasteiger partial charge in [0.2, 0.25) is 0 Å². The number of hydrogen-bond acceptors (Lipinski definition) is 2. The third-order valence-corrected chi connectivity index (χ3v) is 5.06. The van der Waals surface area contributed by atoms with Gasteiger partial charge in [0.1, 0.15) is 6.29 Å². The Morgan fingerprint density at radius 3 is 2.80 bits per heavy atom. The molecule has 20 heavy (non-hydrogen) atoms. The van der Waals surface area contributed by atoms with Gasteiger partial charge in [0.05, 0.1) is 0 Å². The molecular formula is C18H22OS. The summed E-state index contributed by atoms with van der Waals surface area (Å²) in [5, 5.41) is 2.09. The van der Waals surface area contributed by atoms with E-state index in [0.717, 1.165) is 31.1 Å². The van der Waals surface area contributed by atoms with Gasteiger partial charge in [0.15, 0.2) is 0 Å². The summed E-state index contributed by atoms with van der Waals surface area (Å²) >= 11 is 1.74. The molecule has 2 heteroatoms. The van der Waals surface area contributed by atoms with Gasteiger partial charge in [-0.15, -0.1) is 11.3 Å². The number of allylic oxidation sites excluding steroid dienone is 6. The Kier molecular flexibility index (Phi) is 4.77. The molecule has 0 N–H and O–H groups in total. The first-order valence-electron chi connectivity index (χ1n) is 7.09. The highest BCUT2D eigenvalue weighted by Crippen LogP contribution is 2.42. The molecular weight excluding hydrogens is 264 g/mol. The number of carbonyl (C=O) groups is 1. The molecule has 0 aliphatic heterocycles. The summed E-state index contributed by atoms with van der Waals surface area (Å²) < 4.78 is 0. The van der Waals surface area contributed by atoms with Crippen LogP contribution in [0.5, 0.6) is 0 Å². The van der Waals surface area contributed by atoms with Crippen LogP contribution >= 0.6 is 11.3 Å². The van der Waals surface area contributed by atoms with Crippen molar-refractivity contribution in [3.63, 3.8) is 0 Å². The maximum Gasteiger partial charge on any atom is 0.146 e. The van der Waals surface area contributed by atoms with Crippen molar-refractivity contribution in [2.45, 2.75) is 45.4 Å². The Morgan fingerprint density at radius 2 is 2.20 bits per heavy atom. The number of rotatable bonds is 5. The molecule has 1 aliphatic carbocycles. The van der Waals surface area contributed by atoms with Crippen molar-refractivity contribution < 1.29 is 4.79 Å². The lowest BCUT2D eigenvalue weighted by molar-refractivity contribution is -0.105. The molecule has 0 radical (unpaired) electrons. The fraction of sp³-hybridized carbons (Fsp3) is 0.389. The first kappa shape index (κ1) is 15.0. The van der Waals surface area contributed by atoms with Crippen molar-refractivity contribution in [1.29, 1.82) is 0 Å².